The minimum absolute atomic E-state index is 0.183. The van der Waals surface area contributed by atoms with Crippen molar-refractivity contribution >= 4 is 5.78 Å². The van der Waals surface area contributed by atoms with Gasteiger partial charge in [-0.1, -0.05) is 6.07 Å². The molecule has 0 saturated heterocycles. The molecule has 1 aliphatic rings. The average molecular weight is 304 g/mol. The van der Waals surface area contributed by atoms with Gasteiger partial charge < -0.3 is 30.3 Å². The van der Waals surface area contributed by atoms with Crippen molar-refractivity contribution in [2.45, 2.75) is 12.2 Å². The first-order valence-corrected chi connectivity index (χ1v) is 6.34. The molecule has 5 N–H and O–H groups in total. The Bertz CT molecular complexity index is 763. The molecule has 7 heteroatoms. The number of benzene rings is 2. The smallest absolute Gasteiger partial charge is 0.249 e. The molecule has 0 aromatic heterocycles. The lowest BCUT2D eigenvalue weighted by Crippen LogP contribution is -2.39. The van der Waals surface area contributed by atoms with Gasteiger partial charge in [0.05, 0.1) is 6.42 Å². The van der Waals surface area contributed by atoms with Gasteiger partial charge in [0.1, 0.15) is 39.9 Å². The van der Waals surface area contributed by atoms with Crippen LogP contribution in [-0.2, 0) is 5.79 Å². The van der Waals surface area contributed by atoms with Crippen LogP contribution in [-0.4, -0.2) is 31.3 Å². The van der Waals surface area contributed by atoms with Crippen LogP contribution < -0.4 is 4.74 Å². The SMILES string of the molecule is O=C1CC(O)(c2c(O)cccc2O)Oc2cc(O)cc(O)c21. The topological polar surface area (TPSA) is 127 Å². The molecular weight excluding hydrogens is 292 g/mol. The average Bonchev–Trinajstić information content (AvgIpc) is 2.35. The summed E-state index contributed by atoms with van der Waals surface area (Å²) in [5.41, 5.74) is -0.547. The molecule has 22 heavy (non-hydrogen) atoms. The van der Waals surface area contributed by atoms with Crippen LogP contribution in [0.25, 0.3) is 0 Å². The second-order valence-corrected chi connectivity index (χ2v) is 5.00. The van der Waals surface area contributed by atoms with Crippen LogP contribution in [0.2, 0.25) is 0 Å². The molecule has 0 saturated carbocycles. The van der Waals surface area contributed by atoms with E-state index in [1.165, 1.54) is 18.2 Å². The summed E-state index contributed by atoms with van der Waals surface area (Å²) in [4.78, 5) is 12.2. The zero-order valence-electron chi connectivity index (χ0n) is 11.1. The van der Waals surface area contributed by atoms with Gasteiger partial charge in [-0.05, 0) is 12.1 Å². The summed E-state index contributed by atoms with van der Waals surface area (Å²) >= 11 is 0. The Kier molecular flexibility index (Phi) is 2.89. The minimum atomic E-state index is -2.32. The quantitative estimate of drug-likeness (QED) is 0.537. The van der Waals surface area contributed by atoms with Crippen molar-refractivity contribution in [1.29, 1.82) is 0 Å². The van der Waals surface area contributed by atoms with Crippen molar-refractivity contribution in [3.63, 3.8) is 0 Å². The van der Waals surface area contributed by atoms with Gasteiger partial charge in [0, 0.05) is 12.1 Å². The van der Waals surface area contributed by atoms with Crippen molar-refractivity contribution < 1.29 is 35.1 Å². The molecule has 1 aliphatic heterocycles. The number of phenols is 4. The Morgan fingerprint density at radius 3 is 2.27 bits per heavy atom. The first kappa shape index (κ1) is 14.0. The van der Waals surface area contributed by atoms with Crippen LogP contribution in [0.1, 0.15) is 22.3 Å². The van der Waals surface area contributed by atoms with Crippen LogP contribution in [0.4, 0.5) is 0 Å². The van der Waals surface area contributed by atoms with Gasteiger partial charge in [0.25, 0.3) is 0 Å². The number of Topliss-reactive ketones (excluding diaryl/α,β-unsaturated/α-hetero) is 1. The molecule has 3 rings (SSSR count). The predicted octanol–water partition coefficient (Wildman–Crippen LogP) is 1.32. The fraction of sp³-hybridized carbons (Fsp3) is 0.133. The number of hydrogen-bond donors (Lipinski definition) is 5. The third kappa shape index (κ3) is 1.99. The largest absolute Gasteiger partial charge is 0.508 e. The number of ketones is 1. The molecule has 0 spiro atoms. The zero-order chi connectivity index (χ0) is 16.1. The fourth-order valence-electron chi connectivity index (χ4n) is 2.54. The highest BCUT2D eigenvalue weighted by atomic mass is 16.6. The van der Waals surface area contributed by atoms with Crippen LogP contribution in [0.3, 0.4) is 0 Å². The number of aromatic hydroxyl groups is 4. The van der Waals surface area contributed by atoms with Crippen LogP contribution >= 0.6 is 0 Å². The summed E-state index contributed by atoms with van der Waals surface area (Å²) in [5.74, 6) is -4.99. The number of carbonyl (C=O) groups is 1. The number of carbonyl (C=O) groups excluding carboxylic acids is 1. The normalized spacial score (nSPS) is 20.3. The first-order valence-electron chi connectivity index (χ1n) is 6.34. The van der Waals surface area contributed by atoms with Crippen molar-refractivity contribution in [3.8, 4) is 28.7 Å². The highest BCUT2D eigenvalue weighted by molar-refractivity contribution is 6.03. The van der Waals surface area contributed by atoms with Gasteiger partial charge in [-0.25, -0.2) is 0 Å². The van der Waals surface area contributed by atoms with E-state index in [0.29, 0.717) is 0 Å². The summed E-state index contributed by atoms with van der Waals surface area (Å²) < 4.78 is 5.29. The maximum atomic E-state index is 12.2. The van der Waals surface area contributed by atoms with E-state index in [1.54, 1.807) is 0 Å². The molecular formula is C15H12O7. The fourth-order valence-corrected chi connectivity index (χ4v) is 2.54. The Labute approximate surface area is 124 Å². The highest BCUT2D eigenvalue weighted by Crippen LogP contribution is 2.47. The van der Waals surface area contributed by atoms with E-state index in [4.69, 9.17) is 4.74 Å². The van der Waals surface area contributed by atoms with E-state index in [2.05, 4.69) is 0 Å². The van der Waals surface area contributed by atoms with Gasteiger partial charge >= 0.3 is 0 Å². The number of fused-ring (bicyclic) bond motifs is 1. The Balaban J connectivity index is 2.17. The molecule has 2 aromatic carbocycles. The van der Waals surface area contributed by atoms with Crippen molar-refractivity contribution in [3.05, 3.63) is 41.5 Å². The number of phenolic OH excluding ortho intramolecular Hbond substituents is 4. The lowest BCUT2D eigenvalue weighted by molar-refractivity contribution is -0.149. The molecule has 1 unspecified atom stereocenters. The molecule has 114 valence electrons. The highest BCUT2D eigenvalue weighted by Gasteiger charge is 2.45. The third-order valence-corrected chi connectivity index (χ3v) is 3.44. The molecule has 0 amide bonds. The molecule has 2 aromatic rings. The number of aliphatic hydroxyl groups is 1. The Hall–Kier alpha value is -2.93. The molecule has 1 atom stereocenters. The predicted molar refractivity (Wildman–Crippen MR) is 73.0 cm³/mol. The second-order valence-electron chi connectivity index (χ2n) is 5.00. The van der Waals surface area contributed by atoms with E-state index in [9.17, 15) is 30.3 Å². The maximum absolute atomic E-state index is 12.2. The minimum Gasteiger partial charge on any atom is -0.508 e. The summed E-state index contributed by atoms with van der Waals surface area (Å²) in [7, 11) is 0. The molecule has 1 heterocycles. The molecule has 0 radical (unpaired) electrons. The molecule has 0 fully saturated rings. The van der Waals surface area contributed by atoms with E-state index in [1.807, 2.05) is 0 Å². The zero-order valence-corrected chi connectivity index (χ0v) is 11.1. The van der Waals surface area contributed by atoms with Gasteiger partial charge in [0.15, 0.2) is 5.78 Å². The molecule has 7 nitrogen and oxygen atoms in total. The van der Waals surface area contributed by atoms with E-state index in [-0.39, 0.29) is 22.6 Å². The summed E-state index contributed by atoms with van der Waals surface area (Å²) in [6.07, 6.45) is -0.622. The lowest BCUT2D eigenvalue weighted by Gasteiger charge is -2.34. The second kappa shape index (κ2) is 4.54. The number of rotatable bonds is 1. The third-order valence-electron chi connectivity index (χ3n) is 3.44. The van der Waals surface area contributed by atoms with Gasteiger partial charge in [-0.3, -0.25) is 4.79 Å². The maximum Gasteiger partial charge on any atom is 0.249 e. The van der Waals surface area contributed by atoms with Crippen LogP contribution in [0.5, 0.6) is 28.7 Å². The van der Waals surface area contributed by atoms with Crippen LogP contribution in [0.15, 0.2) is 30.3 Å². The van der Waals surface area contributed by atoms with E-state index >= 15 is 0 Å². The summed E-state index contributed by atoms with van der Waals surface area (Å²) in [6.45, 7) is 0. The number of hydrogen-bond acceptors (Lipinski definition) is 7. The summed E-state index contributed by atoms with van der Waals surface area (Å²) in [5, 5.41) is 49.5. The standard InChI is InChI=1S/C15H12O7/c16-7-4-10(19)13-11(20)6-15(21,22-12(13)5-7)14-8(17)2-1-3-9(14)18/h1-5,16-19,21H,6H2. The van der Waals surface area contributed by atoms with E-state index < -0.39 is 35.2 Å². The molecule has 0 bridgehead atoms. The van der Waals surface area contributed by atoms with Crippen molar-refractivity contribution in [2.75, 3.05) is 0 Å². The van der Waals surface area contributed by atoms with Crippen molar-refractivity contribution in [1.82, 2.24) is 0 Å². The summed E-state index contributed by atoms with van der Waals surface area (Å²) in [6, 6.07) is 5.82. The first-order chi connectivity index (χ1) is 10.3. The monoisotopic (exact) mass is 304 g/mol. The van der Waals surface area contributed by atoms with E-state index in [0.717, 1.165) is 12.1 Å². The Morgan fingerprint density at radius 2 is 1.64 bits per heavy atom. The Morgan fingerprint density at radius 1 is 1.00 bits per heavy atom. The van der Waals surface area contributed by atoms with Crippen LogP contribution in [0, 0.1) is 0 Å². The van der Waals surface area contributed by atoms with Gasteiger partial charge in [-0.2, -0.15) is 0 Å². The lowest BCUT2D eigenvalue weighted by atomic mass is 9.91. The van der Waals surface area contributed by atoms with Gasteiger partial charge in [0.2, 0.25) is 5.79 Å². The molecule has 0 aliphatic carbocycles. The number of ether oxygens (including phenoxy) is 1. The van der Waals surface area contributed by atoms with Crippen molar-refractivity contribution in [2.24, 2.45) is 0 Å². The van der Waals surface area contributed by atoms with Gasteiger partial charge in [-0.15, -0.1) is 0 Å².